The highest BCUT2D eigenvalue weighted by atomic mass is 16.6. The molecular weight excluding hydrogens is 178 g/mol. The molecule has 3 heteroatoms. The number of hydrogen-bond acceptors (Lipinski definition) is 2. The highest BCUT2D eigenvalue weighted by Crippen LogP contribution is 2.23. The quantitative estimate of drug-likeness (QED) is 0.739. The molecule has 1 aromatic carbocycles. The van der Waals surface area contributed by atoms with Crippen molar-refractivity contribution in [1.29, 1.82) is 0 Å². The number of nitrogens with one attached hydrogen (secondary N) is 1. The Labute approximate surface area is 83.1 Å². The van der Waals surface area contributed by atoms with Crippen LogP contribution in [0.15, 0.2) is 30.3 Å². The van der Waals surface area contributed by atoms with Crippen LogP contribution >= 0.6 is 0 Å². The second kappa shape index (κ2) is 3.70. The van der Waals surface area contributed by atoms with Crippen LogP contribution in [0, 0.1) is 0 Å². The number of hydrogen-bond donors (Lipinski definition) is 1. The Morgan fingerprint density at radius 1 is 1.36 bits per heavy atom. The molecule has 1 heterocycles. The molecule has 1 aliphatic heterocycles. The van der Waals surface area contributed by atoms with Crippen molar-refractivity contribution in [1.82, 2.24) is 5.32 Å². The van der Waals surface area contributed by atoms with Gasteiger partial charge in [-0.2, -0.15) is 0 Å². The number of ether oxygens (including phenoxy) is 1. The number of cyclic esters (lactones) is 1. The van der Waals surface area contributed by atoms with Crippen molar-refractivity contribution in [3.05, 3.63) is 35.9 Å². The molecule has 1 N–H and O–H groups in total. The van der Waals surface area contributed by atoms with E-state index in [0.717, 1.165) is 12.0 Å². The molecule has 1 saturated heterocycles. The van der Waals surface area contributed by atoms with E-state index in [9.17, 15) is 4.79 Å². The van der Waals surface area contributed by atoms with Crippen LogP contribution in [0.1, 0.15) is 24.9 Å². The highest BCUT2D eigenvalue weighted by molar-refractivity contribution is 5.69. The predicted octanol–water partition coefficient (Wildman–Crippen LogP) is 2.25. The van der Waals surface area contributed by atoms with Gasteiger partial charge in [0.05, 0.1) is 6.04 Å². The van der Waals surface area contributed by atoms with Crippen molar-refractivity contribution in [2.75, 3.05) is 0 Å². The van der Waals surface area contributed by atoms with E-state index in [4.69, 9.17) is 4.74 Å². The Bertz CT molecular complexity index is 323. The molecule has 0 radical (unpaired) electrons. The number of rotatable bonds is 1. The average Bonchev–Trinajstić information content (AvgIpc) is 2.18. The van der Waals surface area contributed by atoms with E-state index >= 15 is 0 Å². The first kappa shape index (κ1) is 9.06. The van der Waals surface area contributed by atoms with Gasteiger partial charge in [0.15, 0.2) is 0 Å². The minimum absolute atomic E-state index is 0.00560. The van der Waals surface area contributed by atoms with Gasteiger partial charge in [-0.05, 0) is 12.5 Å². The van der Waals surface area contributed by atoms with Gasteiger partial charge in [0.2, 0.25) is 0 Å². The zero-order valence-electron chi connectivity index (χ0n) is 8.07. The third-order valence-corrected chi connectivity index (χ3v) is 2.37. The van der Waals surface area contributed by atoms with Gasteiger partial charge in [0.1, 0.15) is 6.10 Å². The van der Waals surface area contributed by atoms with Gasteiger partial charge in [0.25, 0.3) is 0 Å². The Balaban J connectivity index is 2.15. The van der Waals surface area contributed by atoms with E-state index in [2.05, 4.69) is 5.32 Å². The molecule has 0 aliphatic carbocycles. The standard InChI is InChI=1S/C11H13NO2/c1-8-7-10(12-11(13)14-8)9-5-3-2-4-6-9/h2-6,8,10H,7H2,1H3,(H,12,13)/t8-,10+/m0/s1. The molecule has 3 nitrogen and oxygen atoms in total. The lowest BCUT2D eigenvalue weighted by molar-refractivity contribution is 0.0685. The molecule has 0 unspecified atom stereocenters. The van der Waals surface area contributed by atoms with Crippen LogP contribution in [0.25, 0.3) is 0 Å². The number of carbonyl (C=O) groups is 1. The minimum atomic E-state index is -0.322. The van der Waals surface area contributed by atoms with Gasteiger partial charge in [-0.1, -0.05) is 30.3 Å². The van der Waals surface area contributed by atoms with E-state index in [1.807, 2.05) is 37.3 Å². The van der Waals surface area contributed by atoms with Gasteiger partial charge in [-0.25, -0.2) is 4.79 Å². The second-order valence-corrected chi connectivity index (χ2v) is 3.56. The molecule has 2 rings (SSSR count). The number of amides is 1. The van der Waals surface area contributed by atoms with Crippen LogP contribution in [0.2, 0.25) is 0 Å². The summed E-state index contributed by atoms with van der Waals surface area (Å²) in [6.07, 6.45) is 0.502. The number of alkyl carbamates (subject to hydrolysis) is 1. The lowest BCUT2D eigenvalue weighted by Gasteiger charge is -2.28. The van der Waals surface area contributed by atoms with Gasteiger partial charge < -0.3 is 10.1 Å². The van der Waals surface area contributed by atoms with Crippen molar-refractivity contribution in [3.8, 4) is 0 Å². The van der Waals surface area contributed by atoms with E-state index in [0.29, 0.717) is 0 Å². The molecule has 1 aromatic rings. The Kier molecular flexibility index (Phi) is 2.39. The molecule has 1 amide bonds. The van der Waals surface area contributed by atoms with Crippen molar-refractivity contribution < 1.29 is 9.53 Å². The summed E-state index contributed by atoms with van der Waals surface area (Å²) in [7, 11) is 0. The zero-order valence-corrected chi connectivity index (χ0v) is 8.07. The number of carbonyl (C=O) groups excluding carboxylic acids is 1. The topological polar surface area (TPSA) is 38.3 Å². The molecule has 0 spiro atoms. The third-order valence-electron chi connectivity index (χ3n) is 2.37. The Hall–Kier alpha value is -1.51. The van der Waals surface area contributed by atoms with Gasteiger partial charge in [-0.15, -0.1) is 0 Å². The molecule has 74 valence electrons. The van der Waals surface area contributed by atoms with Crippen LogP contribution in [-0.2, 0) is 4.74 Å². The highest BCUT2D eigenvalue weighted by Gasteiger charge is 2.25. The van der Waals surface area contributed by atoms with E-state index in [-0.39, 0.29) is 18.2 Å². The van der Waals surface area contributed by atoms with E-state index < -0.39 is 0 Å². The summed E-state index contributed by atoms with van der Waals surface area (Å²) < 4.78 is 4.99. The normalized spacial score (nSPS) is 26.5. The molecule has 0 aromatic heterocycles. The maximum atomic E-state index is 11.1. The zero-order chi connectivity index (χ0) is 9.97. The van der Waals surface area contributed by atoms with Crippen LogP contribution in [0.5, 0.6) is 0 Å². The summed E-state index contributed by atoms with van der Waals surface area (Å²) in [4.78, 5) is 11.1. The Morgan fingerprint density at radius 3 is 2.71 bits per heavy atom. The largest absolute Gasteiger partial charge is 0.446 e. The summed E-state index contributed by atoms with van der Waals surface area (Å²) in [5.41, 5.74) is 1.14. The van der Waals surface area contributed by atoms with Crippen molar-refractivity contribution in [2.45, 2.75) is 25.5 Å². The summed E-state index contributed by atoms with van der Waals surface area (Å²) in [5.74, 6) is 0. The van der Waals surface area contributed by atoms with Crippen LogP contribution in [0.3, 0.4) is 0 Å². The smallest absolute Gasteiger partial charge is 0.407 e. The fourth-order valence-corrected chi connectivity index (χ4v) is 1.70. The van der Waals surface area contributed by atoms with Crippen LogP contribution in [-0.4, -0.2) is 12.2 Å². The van der Waals surface area contributed by atoms with Gasteiger partial charge >= 0.3 is 6.09 Å². The molecule has 0 saturated carbocycles. The second-order valence-electron chi connectivity index (χ2n) is 3.56. The van der Waals surface area contributed by atoms with E-state index in [1.54, 1.807) is 0 Å². The van der Waals surface area contributed by atoms with E-state index in [1.165, 1.54) is 0 Å². The van der Waals surface area contributed by atoms with Crippen molar-refractivity contribution >= 4 is 6.09 Å². The van der Waals surface area contributed by atoms with Crippen LogP contribution in [0.4, 0.5) is 4.79 Å². The fraction of sp³-hybridized carbons (Fsp3) is 0.364. The fourth-order valence-electron chi connectivity index (χ4n) is 1.70. The molecule has 2 atom stereocenters. The maximum Gasteiger partial charge on any atom is 0.407 e. The Morgan fingerprint density at radius 2 is 2.07 bits per heavy atom. The van der Waals surface area contributed by atoms with Crippen molar-refractivity contribution in [3.63, 3.8) is 0 Å². The first-order valence-corrected chi connectivity index (χ1v) is 4.78. The number of benzene rings is 1. The molecule has 14 heavy (non-hydrogen) atoms. The monoisotopic (exact) mass is 191 g/mol. The summed E-state index contributed by atoms with van der Waals surface area (Å²) in [6.45, 7) is 1.91. The summed E-state index contributed by atoms with van der Waals surface area (Å²) in [5, 5.41) is 2.80. The molecule has 1 aliphatic rings. The molecule has 1 fully saturated rings. The predicted molar refractivity (Wildman–Crippen MR) is 52.9 cm³/mol. The third kappa shape index (κ3) is 1.87. The van der Waals surface area contributed by atoms with Crippen LogP contribution < -0.4 is 5.32 Å². The van der Waals surface area contributed by atoms with Gasteiger partial charge in [-0.3, -0.25) is 0 Å². The average molecular weight is 191 g/mol. The molecular formula is C11H13NO2. The van der Waals surface area contributed by atoms with Gasteiger partial charge in [0, 0.05) is 6.42 Å². The first-order chi connectivity index (χ1) is 6.75. The summed E-state index contributed by atoms with van der Waals surface area (Å²) in [6, 6.07) is 10.0. The lowest BCUT2D eigenvalue weighted by Crippen LogP contribution is -2.39. The summed E-state index contributed by atoms with van der Waals surface area (Å²) >= 11 is 0. The molecule has 0 bridgehead atoms. The maximum absolute atomic E-state index is 11.1. The minimum Gasteiger partial charge on any atom is -0.446 e. The van der Waals surface area contributed by atoms with Crippen molar-refractivity contribution in [2.24, 2.45) is 0 Å². The first-order valence-electron chi connectivity index (χ1n) is 4.78. The SMILES string of the molecule is C[C@H]1C[C@H](c2ccccc2)NC(=O)O1. The lowest BCUT2D eigenvalue weighted by atomic mass is 10.0.